The van der Waals surface area contributed by atoms with Crippen LogP contribution in [-0.2, 0) is 31.4 Å². The Kier molecular flexibility index (Phi) is 4.20. The van der Waals surface area contributed by atoms with Crippen LogP contribution in [0.5, 0.6) is 0 Å². The van der Waals surface area contributed by atoms with Gasteiger partial charge in [0, 0.05) is 57.0 Å². The summed E-state index contributed by atoms with van der Waals surface area (Å²) < 4.78 is 4.25. The molecule has 0 spiro atoms. The van der Waals surface area contributed by atoms with Gasteiger partial charge in [-0.25, -0.2) is 4.98 Å². The Labute approximate surface area is 182 Å². The summed E-state index contributed by atoms with van der Waals surface area (Å²) in [4.78, 5) is 21.6. The largest absolute Gasteiger partial charge is 0.335 e. The first-order valence-electron chi connectivity index (χ1n) is 11.3. The van der Waals surface area contributed by atoms with E-state index in [1.165, 1.54) is 41.2 Å². The number of aromatic nitrogens is 4. The Morgan fingerprint density at radius 2 is 2.00 bits per heavy atom. The van der Waals surface area contributed by atoms with Crippen LogP contribution in [-0.4, -0.2) is 43.2 Å². The lowest BCUT2D eigenvalue weighted by atomic mass is 9.97. The molecule has 1 aromatic carbocycles. The number of nitrogens with zero attached hydrogens (tertiary/aromatic N) is 6. The van der Waals surface area contributed by atoms with Gasteiger partial charge in [0.1, 0.15) is 5.82 Å². The lowest BCUT2D eigenvalue weighted by Crippen LogP contribution is -2.38. The summed E-state index contributed by atoms with van der Waals surface area (Å²) in [5.74, 6) is 3.02. The molecule has 2 aromatic heterocycles. The molecule has 1 aliphatic carbocycles. The van der Waals surface area contributed by atoms with Crippen LogP contribution in [0.15, 0.2) is 30.6 Å². The molecule has 6 rings (SSSR count). The van der Waals surface area contributed by atoms with E-state index in [1.54, 1.807) is 6.92 Å². The molecule has 0 saturated heterocycles. The van der Waals surface area contributed by atoms with Gasteiger partial charge in [0.05, 0.1) is 18.4 Å². The van der Waals surface area contributed by atoms with E-state index in [-0.39, 0.29) is 5.91 Å². The van der Waals surface area contributed by atoms with Crippen molar-refractivity contribution >= 4 is 17.4 Å². The van der Waals surface area contributed by atoms with E-state index in [1.807, 2.05) is 22.8 Å². The lowest BCUT2D eigenvalue weighted by Gasteiger charge is -2.33. The zero-order valence-corrected chi connectivity index (χ0v) is 18.2. The molecule has 0 N–H and O–H groups in total. The Hall–Kier alpha value is -3.09. The van der Waals surface area contributed by atoms with E-state index in [0.29, 0.717) is 12.5 Å². The van der Waals surface area contributed by atoms with E-state index >= 15 is 0 Å². The number of imidazole rings is 1. The quantitative estimate of drug-likeness (QED) is 0.655. The summed E-state index contributed by atoms with van der Waals surface area (Å²) in [6, 6.07) is 6.75. The van der Waals surface area contributed by atoms with Crippen molar-refractivity contribution < 1.29 is 4.79 Å². The van der Waals surface area contributed by atoms with Crippen molar-refractivity contribution in [3.8, 4) is 11.1 Å². The van der Waals surface area contributed by atoms with Crippen LogP contribution in [0.3, 0.4) is 0 Å². The highest BCUT2D eigenvalue weighted by Crippen LogP contribution is 2.44. The number of anilines is 2. The average molecular weight is 417 g/mol. The Bertz CT molecular complexity index is 1170. The zero-order chi connectivity index (χ0) is 21.1. The number of rotatable bonds is 3. The minimum absolute atomic E-state index is 0.145. The minimum Gasteiger partial charge on any atom is -0.335 e. The van der Waals surface area contributed by atoms with Crippen LogP contribution >= 0.6 is 0 Å². The smallest absolute Gasteiger partial charge is 0.219 e. The third-order valence-electron chi connectivity index (χ3n) is 6.89. The summed E-state index contributed by atoms with van der Waals surface area (Å²) in [5, 5.41) is 4.32. The highest BCUT2D eigenvalue weighted by Gasteiger charge is 2.36. The fourth-order valence-electron chi connectivity index (χ4n) is 5.08. The molecule has 1 fully saturated rings. The molecular weight excluding hydrogens is 388 g/mol. The molecule has 0 bridgehead atoms. The second-order valence-corrected chi connectivity index (χ2v) is 9.11. The standard InChI is InChI=1S/C24H28N6O/c1-16(31)28-10-11-30-22(15-28)24(26-23(30)17-5-6-17)29-9-3-4-19-12-18(7-8-21(19)29)20-13-25-27(2)14-20/h7-8,12-14,17H,3-6,9-11,15H2,1-2H3. The van der Waals surface area contributed by atoms with Gasteiger partial charge in [-0.05, 0) is 48.9 Å². The van der Waals surface area contributed by atoms with Gasteiger partial charge in [0.2, 0.25) is 5.91 Å². The van der Waals surface area contributed by atoms with Gasteiger partial charge in [0.15, 0.2) is 5.82 Å². The summed E-state index contributed by atoms with van der Waals surface area (Å²) in [5.41, 5.74) is 6.17. The molecule has 1 saturated carbocycles. The van der Waals surface area contributed by atoms with Crippen LogP contribution in [0.1, 0.15) is 49.2 Å². The monoisotopic (exact) mass is 416 g/mol. The van der Waals surface area contributed by atoms with Crippen LogP contribution < -0.4 is 4.90 Å². The molecule has 4 heterocycles. The molecule has 7 heteroatoms. The predicted octanol–water partition coefficient (Wildman–Crippen LogP) is 3.61. The van der Waals surface area contributed by atoms with E-state index < -0.39 is 0 Å². The van der Waals surface area contributed by atoms with Crippen molar-refractivity contribution in [2.45, 2.75) is 51.6 Å². The molecule has 3 aliphatic rings. The van der Waals surface area contributed by atoms with E-state index in [9.17, 15) is 4.79 Å². The van der Waals surface area contributed by atoms with E-state index in [4.69, 9.17) is 4.98 Å². The highest BCUT2D eigenvalue weighted by atomic mass is 16.2. The maximum Gasteiger partial charge on any atom is 0.219 e. The highest BCUT2D eigenvalue weighted by molar-refractivity contribution is 5.75. The Balaban J connectivity index is 1.41. The van der Waals surface area contributed by atoms with Gasteiger partial charge in [-0.15, -0.1) is 0 Å². The number of fused-ring (bicyclic) bond motifs is 2. The number of hydrogen-bond acceptors (Lipinski definition) is 4. The SMILES string of the molecule is CC(=O)N1CCn2c(C3CC3)nc(N3CCCc4cc(-c5cnn(C)c5)ccc43)c2C1. The van der Waals surface area contributed by atoms with Crippen molar-refractivity contribution in [1.29, 1.82) is 0 Å². The van der Waals surface area contributed by atoms with Crippen molar-refractivity contribution in [3.63, 3.8) is 0 Å². The summed E-state index contributed by atoms with van der Waals surface area (Å²) in [6.45, 7) is 4.93. The number of benzene rings is 1. The molecule has 1 amide bonds. The number of carbonyl (C=O) groups is 1. The molecule has 0 atom stereocenters. The fraction of sp³-hybridized carbons (Fsp3) is 0.458. The summed E-state index contributed by atoms with van der Waals surface area (Å²) in [7, 11) is 1.95. The third-order valence-corrected chi connectivity index (χ3v) is 6.89. The second kappa shape index (κ2) is 6.97. The molecule has 0 radical (unpaired) electrons. The maximum atomic E-state index is 12.1. The molecule has 31 heavy (non-hydrogen) atoms. The van der Waals surface area contributed by atoms with Gasteiger partial charge < -0.3 is 14.4 Å². The number of amides is 1. The van der Waals surface area contributed by atoms with Crippen molar-refractivity contribution in [2.75, 3.05) is 18.0 Å². The first kappa shape index (κ1) is 18.7. The molecular formula is C24H28N6O. The van der Waals surface area contributed by atoms with Crippen molar-refractivity contribution in [3.05, 3.63) is 47.7 Å². The second-order valence-electron chi connectivity index (χ2n) is 9.11. The van der Waals surface area contributed by atoms with E-state index in [2.05, 4.69) is 39.0 Å². The first-order chi connectivity index (χ1) is 15.1. The van der Waals surface area contributed by atoms with Gasteiger partial charge in [-0.1, -0.05) is 6.07 Å². The fourth-order valence-corrected chi connectivity index (χ4v) is 5.08. The molecule has 3 aromatic rings. The maximum absolute atomic E-state index is 12.1. The average Bonchev–Trinajstić information content (AvgIpc) is 3.42. The third kappa shape index (κ3) is 3.14. The van der Waals surface area contributed by atoms with Crippen molar-refractivity contribution in [2.24, 2.45) is 7.05 Å². The van der Waals surface area contributed by atoms with Crippen LogP contribution in [0.25, 0.3) is 11.1 Å². The van der Waals surface area contributed by atoms with Crippen LogP contribution in [0.2, 0.25) is 0 Å². The van der Waals surface area contributed by atoms with Gasteiger partial charge >= 0.3 is 0 Å². The predicted molar refractivity (Wildman–Crippen MR) is 119 cm³/mol. The minimum atomic E-state index is 0.145. The van der Waals surface area contributed by atoms with Crippen LogP contribution in [0.4, 0.5) is 11.5 Å². The first-order valence-corrected chi connectivity index (χ1v) is 11.3. The number of aryl methyl sites for hydroxylation is 2. The molecule has 160 valence electrons. The van der Waals surface area contributed by atoms with Gasteiger partial charge in [-0.3, -0.25) is 9.48 Å². The summed E-state index contributed by atoms with van der Waals surface area (Å²) >= 11 is 0. The number of hydrogen-bond donors (Lipinski definition) is 0. The van der Waals surface area contributed by atoms with E-state index in [0.717, 1.165) is 43.9 Å². The van der Waals surface area contributed by atoms with Crippen LogP contribution in [0, 0.1) is 0 Å². The molecule has 2 aliphatic heterocycles. The Morgan fingerprint density at radius 1 is 1.13 bits per heavy atom. The normalized spacial score (nSPS) is 18.1. The number of carbonyl (C=O) groups excluding carboxylic acids is 1. The van der Waals surface area contributed by atoms with Gasteiger partial charge in [0.25, 0.3) is 0 Å². The topological polar surface area (TPSA) is 59.2 Å². The molecule has 7 nitrogen and oxygen atoms in total. The van der Waals surface area contributed by atoms with Crippen molar-refractivity contribution in [1.82, 2.24) is 24.2 Å². The Morgan fingerprint density at radius 3 is 2.74 bits per heavy atom. The molecule has 0 unspecified atom stereocenters. The summed E-state index contributed by atoms with van der Waals surface area (Å²) in [6.07, 6.45) is 8.63. The lowest BCUT2D eigenvalue weighted by molar-refractivity contribution is -0.130. The van der Waals surface area contributed by atoms with Gasteiger partial charge in [-0.2, -0.15) is 5.10 Å². The zero-order valence-electron chi connectivity index (χ0n) is 18.2.